The van der Waals surface area contributed by atoms with E-state index >= 15 is 0 Å². The van der Waals surface area contributed by atoms with Gasteiger partial charge in [0.05, 0.1) is 0 Å². The third kappa shape index (κ3) is 3.92. The van der Waals surface area contributed by atoms with E-state index in [2.05, 4.69) is 5.43 Å². The molecule has 0 aromatic carbocycles. The number of halogens is 3. The molecule has 0 spiro atoms. The van der Waals surface area contributed by atoms with Crippen LogP contribution in [-0.4, -0.2) is 24.1 Å². The molecule has 1 aliphatic heterocycles. The SMILES string of the molecule is [2H]C([2H])([2H])N1NC=CC=C1NC(=O)CC(F)(F)F. The molecule has 0 saturated carbocycles. The number of hydrogen-bond donors (Lipinski definition) is 2. The number of amides is 1. The van der Waals surface area contributed by atoms with Gasteiger partial charge in [0, 0.05) is 17.3 Å². The molecule has 0 unspecified atom stereocenters. The number of hydrogen-bond acceptors (Lipinski definition) is 3. The lowest BCUT2D eigenvalue weighted by Gasteiger charge is -2.24. The highest BCUT2D eigenvalue weighted by Gasteiger charge is 2.31. The number of alkyl halides is 3. The maximum atomic E-state index is 12.0. The first-order valence-corrected chi connectivity index (χ1v) is 3.89. The van der Waals surface area contributed by atoms with E-state index in [4.69, 9.17) is 4.11 Å². The van der Waals surface area contributed by atoms with Crippen molar-refractivity contribution in [3.63, 3.8) is 0 Å². The molecule has 84 valence electrons. The minimum atomic E-state index is -4.65. The van der Waals surface area contributed by atoms with Crippen molar-refractivity contribution < 1.29 is 22.1 Å². The van der Waals surface area contributed by atoms with Crippen molar-refractivity contribution in [1.82, 2.24) is 15.8 Å². The lowest BCUT2D eigenvalue weighted by Crippen LogP contribution is -2.41. The number of rotatable bonds is 2. The molecule has 15 heavy (non-hydrogen) atoms. The minimum Gasteiger partial charge on any atom is -0.311 e. The first-order valence-electron chi connectivity index (χ1n) is 5.39. The standard InChI is InChI=1S/C8H10F3N3O/c1-14-6(3-2-4-12-14)13-7(15)5-8(9,10)11/h2-4,12H,5H2,1H3,(H,13,15)/i1D3. The molecule has 1 rings (SSSR count). The average Bonchev–Trinajstić information content (AvgIpc) is 2.13. The zero-order chi connectivity index (χ0) is 14.0. The summed E-state index contributed by atoms with van der Waals surface area (Å²) < 4.78 is 57.3. The summed E-state index contributed by atoms with van der Waals surface area (Å²) in [6.07, 6.45) is -2.52. The second-order valence-corrected chi connectivity index (χ2v) is 2.72. The van der Waals surface area contributed by atoms with Gasteiger partial charge in [-0.1, -0.05) is 0 Å². The molecule has 0 atom stereocenters. The molecule has 1 aliphatic rings. The van der Waals surface area contributed by atoms with Crippen LogP contribution in [0.1, 0.15) is 10.5 Å². The van der Waals surface area contributed by atoms with Crippen molar-refractivity contribution in [2.45, 2.75) is 12.6 Å². The van der Waals surface area contributed by atoms with Crippen LogP contribution in [0.4, 0.5) is 13.2 Å². The normalized spacial score (nSPS) is 19.5. The zero-order valence-corrected chi connectivity index (χ0v) is 7.43. The molecule has 0 aromatic heterocycles. The van der Waals surface area contributed by atoms with Gasteiger partial charge in [-0.05, 0) is 12.2 Å². The number of carbonyl (C=O) groups is 1. The van der Waals surface area contributed by atoms with E-state index in [0.29, 0.717) is 5.01 Å². The Kier molecular flexibility index (Phi) is 2.15. The second kappa shape index (κ2) is 4.24. The maximum Gasteiger partial charge on any atom is 0.397 e. The van der Waals surface area contributed by atoms with Gasteiger partial charge in [0.2, 0.25) is 5.91 Å². The molecule has 4 nitrogen and oxygen atoms in total. The fourth-order valence-electron chi connectivity index (χ4n) is 0.868. The van der Waals surface area contributed by atoms with Crippen molar-refractivity contribution in [3.05, 3.63) is 24.2 Å². The van der Waals surface area contributed by atoms with Gasteiger partial charge >= 0.3 is 6.18 Å². The second-order valence-electron chi connectivity index (χ2n) is 2.72. The van der Waals surface area contributed by atoms with Crippen LogP contribution in [0.3, 0.4) is 0 Å². The smallest absolute Gasteiger partial charge is 0.311 e. The van der Waals surface area contributed by atoms with Crippen LogP contribution >= 0.6 is 0 Å². The van der Waals surface area contributed by atoms with E-state index in [-0.39, 0.29) is 5.82 Å². The van der Waals surface area contributed by atoms with E-state index < -0.39 is 25.5 Å². The third-order valence-corrected chi connectivity index (χ3v) is 1.42. The van der Waals surface area contributed by atoms with Crippen molar-refractivity contribution in [2.75, 3.05) is 6.98 Å². The van der Waals surface area contributed by atoms with E-state index in [1.54, 1.807) is 0 Å². The fourth-order valence-corrected chi connectivity index (χ4v) is 0.868. The summed E-state index contributed by atoms with van der Waals surface area (Å²) in [6.45, 7) is -2.64. The molecule has 0 aromatic rings. The van der Waals surface area contributed by atoms with Gasteiger partial charge in [-0.25, -0.2) is 0 Å². The monoisotopic (exact) mass is 224 g/mol. The molecule has 0 aliphatic carbocycles. The van der Waals surface area contributed by atoms with Crippen LogP contribution in [0, 0.1) is 0 Å². The molecular formula is C8H10F3N3O. The number of nitrogens with zero attached hydrogens (tertiary/aromatic N) is 1. The van der Waals surface area contributed by atoms with Crippen molar-refractivity contribution >= 4 is 5.91 Å². The highest BCUT2D eigenvalue weighted by Crippen LogP contribution is 2.19. The van der Waals surface area contributed by atoms with Crippen LogP contribution < -0.4 is 10.7 Å². The predicted octanol–water partition coefficient (Wildman–Crippen LogP) is 0.860. The topological polar surface area (TPSA) is 44.4 Å². The van der Waals surface area contributed by atoms with Crippen LogP contribution in [0.5, 0.6) is 0 Å². The molecule has 1 amide bonds. The Labute approximate surface area is 88.6 Å². The maximum absolute atomic E-state index is 12.0. The summed E-state index contributed by atoms with van der Waals surface area (Å²) in [5, 5.41) is 2.47. The minimum absolute atomic E-state index is 0.272. The summed E-state index contributed by atoms with van der Waals surface area (Å²) in [6, 6.07) is 0. The Morgan fingerprint density at radius 3 is 3.07 bits per heavy atom. The molecule has 0 saturated heterocycles. The Hall–Kier alpha value is -1.66. The Morgan fingerprint density at radius 2 is 2.47 bits per heavy atom. The molecule has 0 radical (unpaired) electrons. The quantitative estimate of drug-likeness (QED) is 0.731. The number of carbonyl (C=O) groups excluding carboxylic acids is 1. The lowest BCUT2D eigenvalue weighted by atomic mass is 10.4. The Balaban J connectivity index is 2.72. The predicted molar refractivity (Wildman–Crippen MR) is 46.9 cm³/mol. The van der Waals surface area contributed by atoms with Gasteiger partial charge in [-0.2, -0.15) is 13.2 Å². The molecular weight excluding hydrogens is 211 g/mol. The molecule has 0 fully saturated rings. The summed E-state index contributed by atoms with van der Waals surface area (Å²) >= 11 is 0. The summed E-state index contributed by atoms with van der Waals surface area (Å²) in [4.78, 5) is 11.1. The van der Waals surface area contributed by atoms with Crippen molar-refractivity contribution in [3.8, 4) is 0 Å². The van der Waals surface area contributed by atoms with E-state index in [1.165, 1.54) is 18.4 Å². The van der Waals surface area contributed by atoms with Crippen LogP contribution in [0.25, 0.3) is 0 Å². The van der Waals surface area contributed by atoms with E-state index in [9.17, 15) is 18.0 Å². The lowest BCUT2D eigenvalue weighted by molar-refractivity contribution is -0.153. The summed E-state index contributed by atoms with van der Waals surface area (Å²) in [5.41, 5.74) is 2.30. The number of nitrogens with one attached hydrogen (secondary N) is 2. The van der Waals surface area contributed by atoms with E-state index in [0.717, 1.165) is 0 Å². The van der Waals surface area contributed by atoms with Crippen LogP contribution in [0.15, 0.2) is 24.2 Å². The van der Waals surface area contributed by atoms with Gasteiger partial charge in [-0.15, -0.1) is 0 Å². The van der Waals surface area contributed by atoms with Crippen molar-refractivity contribution in [2.24, 2.45) is 0 Å². The first kappa shape index (κ1) is 7.61. The number of allylic oxidation sites excluding steroid dienone is 2. The van der Waals surface area contributed by atoms with Crippen LogP contribution in [-0.2, 0) is 4.79 Å². The summed E-state index contributed by atoms with van der Waals surface area (Å²) in [5.74, 6) is -1.60. The largest absolute Gasteiger partial charge is 0.397 e. The molecule has 1 heterocycles. The van der Waals surface area contributed by atoms with Gasteiger partial charge in [0.15, 0.2) is 0 Å². The van der Waals surface area contributed by atoms with Gasteiger partial charge in [-0.3, -0.25) is 9.80 Å². The van der Waals surface area contributed by atoms with Gasteiger partial charge in [0.25, 0.3) is 0 Å². The Bertz CT molecular complexity index is 389. The molecule has 2 N–H and O–H groups in total. The molecule has 7 heteroatoms. The van der Waals surface area contributed by atoms with Gasteiger partial charge < -0.3 is 10.7 Å². The number of hydrazine groups is 1. The van der Waals surface area contributed by atoms with Gasteiger partial charge in [0.1, 0.15) is 12.2 Å². The fraction of sp³-hybridized carbons (Fsp3) is 0.375. The highest BCUT2D eigenvalue weighted by atomic mass is 19.4. The zero-order valence-electron chi connectivity index (χ0n) is 10.4. The molecule has 0 bridgehead atoms. The third-order valence-electron chi connectivity index (χ3n) is 1.42. The van der Waals surface area contributed by atoms with Crippen LogP contribution in [0.2, 0.25) is 0 Å². The highest BCUT2D eigenvalue weighted by molar-refractivity contribution is 5.78. The Morgan fingerprint density at radius 1 is 1.73 bits per heavy atom. The average molecular weight is 224 g/mol. The van der Waals surface area contributed by atoms with Crippen molar-refractivity contribution in [1.29, 1.82) is 0 Å². The first-order chi connectivity index (χ1) is 8.09. The van der Waals surface area contributed by atoms with E-state index in [1.807, 2.05) is 5.32 Å². The summed E-state index contributed by atoms with van der Waals surface area (Å²) in [7, 11) is 0.